The second-order valence-corrected chi connectivity index (χ2v) is 8.09. The van der Waals surface area contributed by atoms with Gasteiger partial charge in [0, 0.05) is 13.1 Å². The Hall–Kier alpha value is -3.12. The molecule has 4 rings (SSSR count). The molecule has 0 radical (unpaired) electrons. The molecule has 2 aromatic carbocycles. The van der Waals surface area contributed by atoms with Crippen molar-refractivity contribution in [3.8, 4) is 5.75 Å². The predicted molar refractivity (Wildman–Crippen MR) is 118 cm³/mol. The van der Waals surface area contributed by atoms with Crippen molar-refractivity contribution in [3.63, 3.8) is 0 Å². The number of hydrogen-bond donors (Lipinski definition) is 1. The van der Waals surface area contributed by atoms with Crippen LogP contribution >= 0.6 is 11.3 Å². The summed E-state index contributed by atoms with van der Waals surface area (Å²) >= 11 is 1.46. The van der Waals surface area contributed by atoms with Gasteiger partial charge < -0.3 is 15.0 Å². The fourth-order valence-corrected chi connectivity index (χ4v) is 4.51. The summed E-state index contributed by atoms with van der Waals surface area (Å²) in [5.41, 5.74) is 3.31. The Labute approximate surface area is 180 Å². The van der Waals surface area contributed by atoms with Gasteiger partial charge in [0.05, 0.1) is 10.9 Å². The van der Waals surface area contributed by atoms with Crippen LogP contribution in [0.3, 0.4) is 0 Å². The lowest BCUT2D eigenvalue weighted by Crippen LogP contribution is -2.40. The minimum absolute atomic E-state index is 0.0273. The number of carbonyl (C=O) groups excluding carboxylic acids is 2. The third-order valence-corrected chi connectivity index (χ3v) is 6.06. The number of ether oxygens (including phenoxy) is 1. The smallest absolute Gasteiger partial charge is 0.264 e. The molecule has 0 fully saturated rings. The first kappa shape index (κ1) is 20.2. The Morgan fingerprint density at radius 3 is 2.70 bits per heavy atom. The van der Waals surface area contributed by atoms with E-state index < -0.39 is 0 Å². The molecular weight excluding hydrogens is 396 g/mol. The first-order valence-electron chi connectivity index (χ1n) is 10.1. The first-order chi connectivity index (χ1) is 14.7. The summed E-state index contributed by atoms with van der Waals surface area (Å²) in [4.78, 5) is 27.7. The maximum absolute atomic E-state index is 13.3. The number of benzene rings is 2. The van der Waals surface area contributed by atoms with Crippen LogP contribution in [-0.2, 0) is 11.2 Å². The van der Waals surface area contributed by atoms with Gasteiger partial charge in [-0.15, -0.1) is 11.3 Å². The highest BCUT2D eigenvalue weighted by molar-refractivity contribution is 7.12. The van der Waals surface area contributed by atoms with Gasteiger partial charge in [-0.2, -0.15) is 0 Å². The van der Waals surface area contributed by atoms with E-state index in [9.17, 15) is 9.59 Å². The molecule has 0 saturated heterocycles. The van der Waals surface area contributed by atoms with Gasteiger partial charge in [-0.1, -0.05) is 42.5 Å². The number of amides is 2. The van der Waals surface area contributed by atoms with Crippen molar-refractivity contribution in [1.29, 1.82) is 0 Å². The summed E-state index contributed by atoms with van der Waals surface area (Å²) in [7, 11) is 0. The Bertz CT molecular complexity index is 1020. The van der Waals surface area contributed by atoms with Crippen LogP contribution in [0.5, 0.6) is 5.75 Å². The van der Waals surface area contributed by atoms with E-state index >= 15 is 0 Å². The molecule has 2 amide bonds. The lowest BCUT2D eigenvalue weighted by molar-refractivity contribution is -0.122. The first-order valence-corrected chi connectivity index (χ1v) is 11.0. The van der Waals surface area contributed by atoms with E-state index in [1.54, 1.807) is 0 Å². The highest BCUT2D eigenvalue weighted by atomic mass is 32.1. The average Bonchev–Trinajstić information content (AvgIpc) is 3.32. The minimum atomic E-state index is -0.197. The van der Waals surface area contributed by atoms with Crippen molar-refractivity contribution < 1.29 is 14.3 Å². The molecule has 154 valence electrons. The lowest BCUT2D eigenvalue weighted by atomic mass is 9.88. The van der Waals surface area contributed by atoms with E-state index in [4.69, 9.17) is 4.74 Å². The Morgan fingerprint density at radius 1 is 1.13 bits per heavy atom. The molecule has 5 nitrogen and oxygen atoms in total. The summed E-state index contributed by atoms with van der Waals surface area (Å²) in [6.07, 6.45) is 0.784. The molecule has 0 bridgehead atoms. The Kier molecular flexibility index (Phi) is 6.14. The topological polar surface area (TPSA) is 58.6 Å². The monoisotopic (exact) mass is 420 g/mol. The summed E-state index contributed by atoms with van der Waals surface area (Å²) in [6.45, 7) is 3.07. The molecule has 2 heterocycles. The molecule has 1 N–H and O–H groups in total. The fraction of sp³-hybridized carbons (Fsp3) is 0.250. The van der Waals surface area contributed by atoms with E-state index in [2.05, 4.69) is 17.4 Å². The standard InChI is InChI=1S/C24H24N2O3S/c1-2-25-22(27)16-29-19-11-10-17-12-13-26(24(28)21-9-6-14-30-21)23(20(17)15-19)18-7-4-3-5-8-18/h3-11,14-15,23H,2,12-13,16H2,1H3,(H,25,27). The van der Waals surface area contributed by atoms with Gasteiger partial charge in [0.2, 0.25) is 0 Å². The molecule has 1 atom stereocenters. The molecule has 1 aliphatic heterocycles. The maximum atomic E-state index is 13.3. The highest BCUT2D eigenvalue weighted by Crippen LogP contribution is 2.38. The number of carbonyl (C=O) groups is 2. The SMILES string of the molecule is CCNC(=O)COc1ccc2c(c1)C(c1ccccc1)N(C(=O)c1cccs1)CC2. The maximum Gasteiger partial charge on any atom is 0.264 e. The number of likely N-dealkylation sites (N-methyl/N-ethyl adjacent to an activating group) is 1. The normalized spacial score (nSPS) is 15.4. The van der Waals surface area contributed by atoms with Crippen LogP contribution in [0.2, 0.25) is 0 Å². The zero-order valence-electron chi connectivity index (χ0n) is 16.8. The van der Waals surface area contributed by atoms with Gasteiger partial charge in [-0.05, 0) is 53.6 Å². The number of rotatable bonds is 6. The molecule has 30 heavy (non-hydrogen) atoms. The van der Waals surface area contributed by atoms with E-state index in [0.29, 0.717) is 18.8 Å². The van der Waals surface area contributed by atoms with Gasteiger partial charge >= 0.3 is 0 Å². The van der Waals surface area contributed by atoms with Crippen LogP contribution in [0.15, 0.2) is 66.0 Å². The van der Waals surface area contributed by atoms with Crippen LogP contribution in [0, 0.1) is 0 Å². The molecular formula is C24H24N2O3S. The van der Waals surface area contributed by atoms with E-state index in [-0.39, 0.29) is 24.5 Å². The Morgan fingerprint density at radius 2 is 1.97 bits per heavy atom. The zero-order valence-corrected chi connectivity index (χ0v) is 17.7. The van der Waals surface area contributed by atoms with Gasteiger partial charge in [0.15, 0.2) is 6.61 Å². The molecule has 6 heteroatoms. The fourth-order valence-electron chi connectivity index (χ4n) is 3.84. The van der Waals surface area contributed by atoms with Crippen molar-refractivity contribution in [2.24, 2.45) is 0 Å². The van der Waals surface area contributed by atoms with Crippen LogP contribution in [0.4, 0.5) is 0 Å². The van der Waals surface area contributed by atoms with Crippen LogP contribution < -0.4 is 10.1 Å². The molecule has 1 aliphatic rings. The van der Waals surface area contributed by atoms with Gasteiger partial charge in [0.25, 0.3) is 11.8 Å². The van der Waals surface area contributed by atoms with Crippen LogP contribution in [0.25, 0.3) is 0 Å². The number of nitrogens with one attached hydrogen (secondary N) is 1. The summed E-state index contributed by atoms with van der Waals surface area (Å²) in [5, 5.41) is 4.66. The number of hydrogen-bond acceptors (Lipinski definition) is 4. The number of thiophene rings is 1. The molecule has 1 unspecified atom stereocenters. The lowest BCUT2D eigenvalue weighted by Gasteiger charge is -2.37. The highest BCUT2D eigenvalue weighted by Gasteiger charge is 2.33. The third-order valence-electron chi connectivity index (χ3n) is 5.20. The second kappa shape index (κ2) is 9.13. The third kappa shape index (κ3) is 4.24. The van der Waals surface area contributed by atoms with E-state index in [0.717, 1.165) is 22.4 Å². The second-order valence-electron chi connectivity index (χ2n) is 7.14. The van der Waals surface area contributed by atoms with Crippen molar-refractivity contribution in [3.05, 3.63) is 87.6 Å². The molecule has 0 spiro atoms. The van der Waals surface area contributed by atoms with Crippen molar-refractivity contribution in [1.82, 2.24) is 10.2 Å². The predicted octanol–water partition coefficient (Wildman–Crippen LogP) is 4.05. The largest absolute Gasteiger partial charge is 0.484 e. The number of fused-ring (bicyclic) bond motifs is 1. The van der Waals surface area contributed by atoms with Crippen molar-refractivity contribution in [2.45, 2.75) is 19.4 Å². The molecule has 3 aromatic rings. The number of nitrogens with zero attached hydrogens (tertiary/aromatic N) is 1. The van der Waals surface area contributed by atoms with Crippen LogP contribution in [-0.4, -0.2) is 36.4 Å². The quantitative estimate of drug-likeness (QED) is 0.655. The Balaban J connectivity index is 1.69. The summed E-state index contributed by atoms with van der Waals surface area (Å²) in [5.74, 6) is 0.522. The van der Waals surface area contributed by atoms with Gasteiger partial charge in [-0.25, -0.2) is 0 Å². The zero-order chi connectivity index (χ0) is 20.9. The van der Waals surface area contributed by atoms with Gasteiger partial charge in [0.1, 0.15) is 5.75 Å². The summed E-state index contributed by atoms with van der Waals surface area (Å²) in [6, 6.07) is 19.6. The molecule has 0 aliphatic carbocycles. The average molecular weight is 421 g/mol. The summed E-state index contributed by atoms with van der Waals surface area (Å²) < 4.78 is 5.73. The van der Waals surface area contributed by atoms with Crippen LogP contribution in [0.1, 0.15) is 39.3 Å². The molecule has 0 saturated carbocycles. The minimum Gasteiger partial charge on any atom is -0.484 e. The van der Waals surface area contributed by atoms with Crippen molar-refractivity contribution in [2.75, 3.05) is 19.7 Å². The van der Waals surface area contributed by atoms with E-state index in [1.807, 2.05) is 65.7 Å². The van der Waals surface area contributed by atoms with E-state index in [1.165, 1.54) is 16.9 Å². The van der Waals surface area contributed by atoms with Crippen molar-refractivity contribution >= 4 is 23.2 Å². The van der Waals surface area contributed by atoms with Gasteiger partial charge in [-0.3, -0.25) is 9.59 Å². The molecule has 1 aromatic heterocycles.